The average molecular weight is 380 g/mol. The van der Waals surface area contributed by atoms with Crippen LogP contribution in [0.3, 0.4) is 0 Å². The van der Waals surface area contributed by atoms with Crippen molar-refractivity contribution in [3.63, 3.8) is 0 Å². The third-order valence-electron chi connectivity index (χ3n) is 4.59. The van der Waals surface area contributed by atoms with Gasteiger partial charge in [-0.3, -0.25) is 14.9 Å². The number of amides is 3. The van der Waals surface area contributed by atoms with Crippen LogP contribution in [0, 0.1) is 24.0 Å². The zero-order valence-electron chi connectivity index (χ0n) is 15.7. The van der Waals surface area contributed by atoms with E-state index in [-0.39, 0.29) is 11.7 Å². The molecule has 1 aliphatic heterocycles. The van der Waals surface area contributed by atoms with Gasteiger partial charge in [0.15, 0.2) is 0 Å². The van der Waals surface area contributed by atoms with Crippen molar-refractivity contribution in [2.75, 3.05) is 5.32 Å². The van der Waals surface area contributed by atoms with Crippen LogP contribution in [0.25, 0.3) is 0 Å². The van der Waals surface area contributed by atoms with Crippen LogP contribution in [0.4, 0.5) is 16.2 Å². The van der Waals surface area contributed by atoms with E-state index in [0.717, 1.165) is 16.7 Å². The van der Waals surface area contributed by atoms with Crippen LogP contribution in [0.5, 0.6) is 0 Å². The summed E-state index contributed by atoms with van der Waals surface area (Å²) in [7, 11) is 0. The molecule has 0 fully saturated rings. The summed E-state index contributed by atoms with van der Waals surface area (Å²) in [6.07, 6.45) is 0. The fraction of sp³-hybridized carbons (Fsp3) is 0.200. The quantitative estimate of drug-likeness (QED) is 0.556. The highest BCUT2D eigenvalue weighted by molar-refractivity contribution is 6.06. The molecule has 0 unspecified atom stereocenters. The topological polar surface area (TPSA) is 113 Å². The van der Waals surface area contributed by atoms with Gasteiger partial charge in [0.2, 0.25) is 0 Å². The Morgan fingerprint density at radius 3 is 2.39 bits per heavy atom. The number of nitrogens with one attached hydrogen (secondary N) is 3. The lowest BCUT2D eigenvalue weighted by Gasteiger charge is -2.29. The number of hydrogen-bond donors (Lipinski definition) is 3. The average Bonchev–Trinajstić information content (AvgIpc) is 2.61. The van der Waals surface area contributed by atoms with E-state index in [9.17, 15) is 19.7 Å². The van der Waals surface area contributed by atoms with Gasteiger partial charge in [-0.05, 0) is 44.0 Å². The summed E-state index contributed by atoms with van der Waals surface area (Å²) in [6, 6.07) is 10.4. The summed E-state index contributed by atoms with van der Waals surface area (Å²) >= 11 is 0. The standard InChI is InChI=1S/C20H20N4O4/c1-11-4-9-16(12(2)10-11)18-17(13(3)21-20(26)23-18)19(25)22-14-5-7-15(8-6-14)24(27)28/h4-10,18H,1-3H3,(H,22,25)(H2,21,23,26)/t18-/m0/s1. The lowest BCUT2D eigenvalue weighted by atomic mass is 9.91. The molecule has 2 aromatic rings. The Labute approximate surface area is 161 Å². The summed E-state index contributed by atoms with van der Waals surface area (Å²) in [5, 5.41) is 19.0. The van der Waals surface area contributed by atoms with Gasteiger partial charge in [0.1, 0.15) is 0 Å². The molecule has 3 N–H and O–H groups in total. The first-order valence-electron chi connectivity index (χ1n) is 8.67. The molecule has 1 atom stereocenters. The number of carbonyl (C=O) groups is 2. The van der Waals surface area contributed by atoms with Gasteiger partial charge in [-0.1, -0.05) is 23.8 Å². The Bertz CT molecular complexity index is 996. The van der Waals surface area contributed by atoms with Crippen molar-refractivity contribution in [1.29, 1.82) is 0 Å². The molecule has 0 radical (unpaired) electrons. The van der Waals surface area contributed by atoms with E-state index in [0.29, 0.717) is 17.0 Å². The van der Waals surface area contributed by atoms with Crippen molar-refractivity contribution in [1.82, 2.24) is 10.6 Å². The number of non-ortho nitro benzene ring substituents is 1. The molecule has 3 rings (SSSR count). The number of urea groups is 1. The van der Waals surface area contributed by atoms with Crippen LogP contribution in [-0.2, 0) is 4.79 Å². The van der Waals surface area contributed by atoms with E-state index in [1.54, 1.807) is 6.92 Å². The third kappa shape index (κ3) is 3.85. The van der Waals surface area contributed by atoms with E-state index < -0.39 is 16.9 Å². The van der Waals surface area contributed by atoms with Crippen LogP contribution >= 0.6 is 0 Å². The van der Waals surface area contributed by atoms with Crippen molar-refractivity contribution in [2.24, 2.45) is 0 Å². The number of nitrogens with zero attached hydrogens (tertiary/aromatic N) is 1. The van der Waals surface area contributed by atoms with E-state index in [2.05, 4.69) is 16.0 Å². The highest BCUT2D eigenvalue weighted by Crippen LogP contribution is 2.30. The lowest BCUT2D eigenvalue weighted by Crippen LogP contribution is -2.46. The number of carbonyl (C=O) groups excluding carboxylic acids is 2. The number of anilines is 1. The molecular weight excluding hydrogens is 360 g/mol. The fourth-order valence-corrected chi connectivity index (χ4v) is 3.24. The van der Waals surface area contributed by atoms with Gasteiger partial charge in [0, 0.05) is 23.5 Å². The third-order valence-corrected chi connectivity index (χ3v) is 4.59. The Balaban J connectivity index is 1.93. The molecule has 0 saturated heterocycles. The van der Waals surface area contributed by atoms with Crippen molar-refractivity contribution in [2.45, 2.75) is 26.8 Å². The van der Waals surface area contributed by atoms with Gasteiger partial charge >= 0.3 is 6.03 Å². The SMILES string of the molecule is CC1=C(C(=O)Nc2ccc([N+](=O)[O-])cc2)[C@H](c2ccc(C)cc2C)NC(=O)N1. The van der Waals surface area contributed by atoms with Crippen LogP contribution in [-0.4, -0.2) is 16.9 Å². The van der Waals surface area contributed by atoms with E-state index in [1.807, 2.05) is 32.0 Å². The molecule has 0 aromatic heterocycles. The first kappa shape index (κ1) is 19.1. The summed E-state index contributed by atoms with van der Waals surface area (Å²) in [6.45, 7) is 5.57. The van der Waals surface area contributed by atoms with E-state index >= 15 is 0 Å². The molecule has 144 valence electrons. The maximum absolute atomic E-state index is 13.0. The zero-order valence-corrected chi connectivity index (χ0v) is 15.7. The largest absolute Gasteiger partial charge is 0.327 e. The van der Waals surface area contributed by atoms with Crippen LogP contribution in [0.1, 0.15) is 29.7 Å². The maximum atomic E-state index is 13.0. The Morgan fingerprint density at radius 2 is 1.79 bits per heavy atom. The van der Waals surface area contributed by atoms with Crippen molar-refractivity contribution in [3.05, 3.63) is 80.5 Å². The molecule has 1 heterocycles. The molecule has 1 aliphatic rings. The first-order valence-corrected chi connectivity index (χ1v) is 8.67. The number of benzene rings is 2. The van der Waals surface area contributed by atoms with Gasteiger partial charge in [0.25, 0.3) is 11.6 Å². The Morgan fingerprint density at radius 1 is 1.11 bits per heavy atom. The minimum atomic E-state index is -0.604. The van der Waals surface area contributed by atoms with Crippen LogP contribution < -0.4 is 16.0 Å². The number of aryl methyl sites for hydroxylation is 2. The summed E-state index contributed by atoms with van der Waals surface area (Å²) in [5.41, 5.74) is 4.06. The number of hydrogen-bond acceptors (Lipinski definition) is 4. The van der Waals surface area contributed by atoms with Crippen molar-refractivity contribution >= 4 is 23.3 Å². The Kier molecular flexibility index (Phi) is 5.12. The molecular formula is C20H20N4O4. The van der Waals surface area contributed by atoms with Crippen LogP contribution in [0.2, 0.25) is 0 Å². The van der Waals surface area contributed by atoms with Crippen molar-refractivity contribution in [3.8, 4) is 0 Å². The minimum Gasteiger partial charge on any atom is -0.327 e. The lowest BCUT2D eigenvalue weighted by molar-refractivity contribution is -0.384. The highest BCUT2D eigenvalue weighted by Gasteiger charge is 2.32. The summed E-state index contributed by atoms with van der Waals surface area (Å²) < 4.78 is 0. The molecule has 0 saturated carbocycles. The number of nitro benzene ring substituents is 1. The molecule has 0 aliphatic carbocycles. The number of rotatable bonds is 4. The molecule has 28 heavy (non-hydrogen) atoms. The zero-order chi connectivity index (χ0) is 20.4. The van der Waals surface area contributed by atoms with Crippen LogP contribution in [0.15, 0.2) is 53.7 Å². The monoisotopic (exact) mass is 380 g/mol. The predicted molar refractivity (Wildman–Crippen MR) is 105 cm³/mol. The first-order chi connectivity index (χ1) is 13.3. The second kappa shape index (κ2) is 7.51. The minimum absolute atomic E-state index is 0.0619. The van der Waals surface area contributed by atoms with Gasteiger partial charge in [0.05, 0.1) is 16.5 Å². The fourth-order valence-electron chi connectivity index (χ4n) is 3.24. The second-order valence-electron chi connectivity index (χ2n) is 6.69. The van der Waals surface area contributed by atoms with Gasteiger partial charge in [-0.15, -0.1) is 0 Å². The summed E-state index contributed by atoms with van der Waals surface area (Å²) in [5.74, 6) is -0.399. The van der Waals surface area contributed by atoms with E-state index in [4.69, 9.17) is 0 Å². The highest BCUT2D eigenvalue weighted by atomic mass is 16.6. The predicted octanol–water partition coefficient (Wildman–Crippen LogP) is 3.48. The maximum Gasteiger partial charge on any atom is 0.319 e. The Hall–Kier alpha value is -3.68. The molecule has 0 bridgehead atoms. The number of nitro groups is 1. The molecule has 2 aromatic carbocycles. The number of allylic oxidation sites excluding steroid dienone is 1. The summed E-state index contributed by atoms with van der Waals surface area (Å²) in [4.78, 5) is 35.3. The molecule has 0 spiro atoms. The van der Waals surface area contributed by atoms with Gasteiger partial charge in [-0.25, -0.2) is 4.79 Å². The molecule has 3 amide bonds. The van der Waals surface area contributed by atoms with Crippen molar-refractivity contribution < 1.29 is 14.5 Å². The normalized spacial score (nSPS) is 16.2. The van der Waals surface area contributed by atoms with E-state index in [1.165, 1.54) is 24.3 Å². The second-order valence-corrected chi connectivity index (χ2v) is 6.69. The van der Waals surface area contributed by atoms with Gasteiger partial charge < -0.3 is 16.0 Å². The smallest absolute Gasteiger partial charge is 0.319 e. The molecule has 8 nitrogen and oxygen atoms in total. The molecule has 8 heteroatoms. The van der Waals surface area contributed by atoms with Gasteiger partial charge in [-0.2, -0.15) is 0 Å².